The fraction of sp³-hybridized carbons (Fsp3) is 0.200. The number of carbonyl (C=O) groups is 2. The van der Waals surface area contributed by atoms with E-state index in [0.29, 0.717) is 0 Å². The van der Waals surface area contributed by atoms with E-state index in [0.717, 1.165) is 12.1 Å². The first-order chi connectivity index (χ1) is 9.55. The minimum Gasteiger partial charge on any atom is -0.504 e. The van der Waals surface area contributed by atoms with Crippen molar-refractivity contribution in [2.75, 3.05) is 6.61 Å². The van der Waals surface area contributed by atoms with Gasteiger partial charge in [-0.05, 0) is 12.1 Å². The van der Waals surface area contributed by atoms with Crippen LogP contribution in [0.5, 0.6) is 11.5 Å². The molecule has 0 atom stereocenters. The van der Waals surface area contributed by atoms with Gasteiger partial charge >= 0.3 is 11.7 Å². The maximum absolute atomic E-state index is 11.4. The Labute approximate surface area is 131 Å². The molecule has 0 aromatic heterocycles. The van der Waals surface area contributed by atoms with Crippen LogP contribution < -0.4 is 4.74 Å². The van der Waals surface area contributed by atoms with Gasteiger partial charge in [-0.1, -0.05) is 34.8 Å². The first-order valence-corrected chi connectivity index (χ1v) is 6.15. The number of nitro groups is 1. The summed E-state index contributed by atoms with van der Waals surface area (Å²) in [6.45, 7) is -0.909. The smallest absolute Gasteiger partial charge is 0.342 e. The van der Waals surface area contributed by atoms with Crippen molar-refractivity contribution in [1.82, 2.24) is 0 Å². The number of phenolic OH excluding ortho intramolecular Hbond substituents is 1. The second-order valence-electron chi connectivity index (χ2n) is 3.58. The zero-order valence-electron chi connectivity index (χ0n) is 9.88. The van der Waals surface area contributed by atoms with Gasteiger partial charge in [0.05, 0.1) is 4.92 Å². The Kier molecular flexibility index (Phi) is 5.21. The van der Waals surface area contributed by atoms with E-state index in [-0.39, 0.29) is 0 Å². The Hall–Kier alpha value is -1.77. The fourth-order valence-electron chi connectivity index (χ4n) is 1.28. The minimum atomic E-state index is -2.31. The molecule has 0 heterocycles. The number of ether oxygens (including phenoxy) is 1. The molecule has 0 unspecified atom stereocenters. The molecule has 0 aliphatic carbocycles. The van der Waals surface area contributed by atoms with Crippen molar-refractivity contribution in [3.8, 4) is 11.5 Å². The molecule has 0 aliphatic rings. The van der Waals surface area contributed by atoms with E-state index in [2.05, 4.69) is 0 Å². The highest BCUT2D eigenvalue weighted by Gasteiger charge is 2.33. The fourth-order valence-corrected chi connectivity index (χ4v) is 1.44. The summed E-state index contributed by atoms with van der Waals surface area (Å²) in [5, 5.41) is 29.3. The molecule has 1 aromatic rings. The normalized spacial score (nSPS) is 11.0. The number of carbonyl (C=O) groups excluding carboxylic acids is 1. The third kappa shape index (κ3) is 4.10. The largest absolute Gasteiger partial charge is 0.504 e. The van der Waals surface area contributed by atoms with Crippen molar-refractivity contribution < 1.29 is 29.5 Å². The molecule has 1 rings (SSSR count). The Morgan fingerprint density at radius 3 is 2.33 bits per heavy atom. The highest BCUT2D eigenvalue weighted by Crippen LogP contribution is 2.39. The zero-order valence-corrected chi connectivity index (χ0v) is 12.1. The van der Waals surface area contributed by atoms with Crippen LogP contribution in [0.15, 0.2) is 12.1 Å². The number of benzene rings is 1. The highest BCUT2D eigenvalue weighted by atomic mass is 35.6. The van der Waals surface area contributed by atoms with Crippen LogP contribution in [0.4, 0.5) is 5.69 Å². The Morgan fingerprint density at radius 2 is 1.90 bits per heavy atom. The summed E-state index contributed by atoms with van der Waals surface area (Å²) in [6, 6.07) is 1.69. The third-order valence-electron chi connectivity index (χ3n) is 2.19. The number of aromatic carboxylic acids is 1. The summed E-state index contributed by atoms with van der Waals surface area (Å²) in [7, 11) is 0. The van der Waals surface area contributed by atoms with E-state index in [1.54, 1.807) is 0 Å². The zero-order chi connectivity index (χ0) is 16.4. The summed E-state index contributed by atoms with van der Waals surface area (Å²) in [5.41, 5.74) is -1.74. The minimum absolute atomic E-state index is 0.728. The predicted molar refractivity (Wildman–Crippen MR) is 72.5 cm³/mol. The van der Waals surface area contributed by atoms with Crippen LogP contribution in [0, 0.1) is 10.1 Å². The van der Waals surface area contributed by atoms with Crippen LogP contribution >= 0.6 is 34.8 Å². The number of aromatic hydroxyl groups is 1. The molecule has 0 saturated heterocycles. The third-order valence-corrected chi connectivity index (χ3v) is 2.82. The van der Waals surface area contributed by atoms with Gasteiger partial charge in [0.15, 0.2) is 12.4 Å². The van der Waals surface area contributed by atoms with Gasteiger partial charge in [-0.15, -0.1) is 0 Å². The second kappa shape index (κ2) is 6.33. The molecule has 1 aromatic carbocycles. The van der Waals surface area contributed by atoms with E-state index >= 15 is 0 Å². The van der Waals surface area contributed by atoms with Crippen LogP contribution in [-0.4, -0.2) is 37.3 Å². The molecule has 114 valence electrons. The first kappa shape index (κ1) is 17.3. The maximum Gasteiger partial charge on any atom is 0.342 e. The lowest BCUT2D eigenvalue weighted by molar-refractivity contribution is -0.386. The van der Waals surface area contributed by atoms with Crippen LogP contribution in [0.3, 0.4) is 0 Å². The second-order valence-corrected chi connectivity index (χ2v) is 5.86. The number of ketones is 1. The van der Waals surface area contributed by atoms with Gasteiger partial charge in [-0.25, -0.2) is 4.79 Å². The summed E-state index contributed by atoms with van der Waals surface area (Å²) >= 11 is 15.9. The standard InChI is InChI=1S/C10H6Cl3NO7/c11-10(12,13)6(16)3-21-8-5(15)2-1-4(9(17)18)7(8)14(19)20/h1-2,15H,3H2,(H,17,18). The number of nitrogens with zero attached hydrogens (tertiary/aromatic N) is 1. The number of carboxylic acids is 1. The van der Waals surface area contributed by atoms with Gasteiger partial charge in [-0.3, -0.25) is 14.9 Å². The number of rotatable bonds is 5. The molecule has 0 fully saturated rings. The number of carboxylic acid groups (broad SMARTS) is 1. The van der Waals surface area contributed by atoms with Gasteiger partial charge in [0.2, 0.25) is 11.5 Å². The molecule has 0 spiro atoms. The Balaban J connectivity index is 3.23. The van der Waals surface area contributed by atoms with Gasteiger partial charge in [0.25, 0.3) is 3.79 Å². The summed E-state index contributed by atoms with van der Waals surface area (Å²) in [4.78, 5) is 32.1. The van der Waals surface area contributed by atoms with E-state index in [1.165, 1.54) is 0 Å². The van der Waals surface area contributed by atoms with E-state index in [1.807, 2.05) is 0 Å². The van der Waals surface area contributed by atoms with E-state index in [9.17, 15) is 24.8 Å². The van der Waals surface area contributed by atoms with Crippen LogP contribution in [0.2, 0.25) is 0 Å². The topological polar surface area (TPSA) is 127 Å². The summed E-state index contributed by atoms with van der Waals surface area (Å²) in [6.07, 6.45) is 0. The number of alkyl halides is 3. The average Bonchev–Trinajstić information content (AvgIpc) is 2.34. The van der Waals surface area contributed by atoms with E-state index in [4.69, 9.17) is 44.6 Å². The number of hydrogen-bond donors (Lipinski definition) is 2. The molecular formula is C10H6Cl3NO7. The quantitative estimate of drug-likeness (QED) is 0.469. The SMILES string of the molecule is O=C(O)c1ccc(O)c(OCC(=O)C(Cl)(Cl)Cl)c1[N+](=O)[O-]. The van der Waals surface area contributed by atoms with E-state index < -0.39 is 49.8 Å². The molecule has 0 saturated carbocycles. The van der Waals surface area contributed by atoms with Crippen molar-refractivity contribution in [3.05, 3.63) is 27.8 Å². The summed E-state index contributed by atoms with van der Waals surface area (Å²) < 4.78 is 2.44. The number of halogens is 3. The van der Waals surface area contributed by atoms with Gasteiger partial charge < -0.3 is 14.9 Å². The molecular weight excluding hydrogens is 352 g/mol. The number of phenols is 1. The highest BCUT2D eigenvalue weighted by molar-refractivity contribution is 6.76. The van der Waals surface area contributed by atoms with Crippen LogP contribution in [0.1, 0.15) is 10.4 Å². The van der Waals surface area contributed by atoms with Crippen LogP contribution in [-0.2, 0) is 4.79 Å². The maximum atomic E-state index is 11.4. The van der Waals surface area contributed by atoms with Gasteiger partial charge in [0, 0.05) is 0 Å². The Morgan fingerprint density at radius 1 is 1.33 bits per heavy atom. The van der Waals surface area contributed by atoms with Gasteiger partial charge in [-0.2, -0.15) is 0 Å². The first-order valence-electron chi connectivity index (χ1n) is 5.02. The predicted octanol–water partition coefficient (Wildman–Crippen LogP) is 2.32. The Bertz CT molecular complexity index is 611. The van der Waals surface area contributed by atoms with Crippen molar-refractivity contribution in [1.29, 1.82) is 0 Å². The number of Topliss-reactive ketones (excluding diaryl/α,β-unsaturated/α-hetero) is 1. The van der Waals surface area contributed by atoms with Crippen molar-refractivity contribution in [3.63, 3.8) is 0 Å². The monoisotopic (exact) mass is 357 g/mol. The molecule has 0 radical (unpaired) electrons. The number of nitro benzene ring substituents is 1. The summed E-state index contributed by atoms with van der Waals surface area (Å²) in [5.74, 6) is -4.20. The molecule has 0 aliphatic heterocycles. The molecule has 0 bridgehead atoms. The molecule has 21 heavy (non-hydrogen) atoms. The lowest BCUT2D eigenvalue weighted by Crippen LogP contribution is -2.25. The molecule has 8 nitrogen and oxygen atoms in total. The number of hydrogen-bond acceptors (Lipinski definition) is 6. The average molecular weight is 359 g/mol. The van der Waals surface area contributed by atoms with Crippen molar-refractivity contribution in [2.45, 2.75) is 3.79 Å². The van der Waals surface area contributed by atoms with Gasteiger partial charge in [0.1, 0.15) is 5.56 Å². The van der Waals surface area contributed by atoms with Crippen molar-refractivity contribution >= 4 is 52.2 Å². The molecule has 2 N–H and O–H groups in total. The molecule has 0 amide bonds. The van der Waals surface area contributed by atoms with Crippen LogP contribution in [0.25, 0.3) is 0 Å². The molecule has 11 heteroatoms. The lowest BCUT2D eigenvalue weighted by atomic mass is 10.1. The lowest BCUT2D eigenvalue weighted by Gasteiger charge is -2.12. The van der Waals surface area contributed by atoms with Crippen molar-refractivity contribution in [2.24, 2.45) is 0 Å².